The van der Waals surface area contributed by atoms with Crippen LogP contribution < -0.4 is 0 Å². The summed E-state index contributed by atoms with van der Waals surface area (Å²) in [6.45, 7) is 0. The smallest absolute Gasteiger partial charge is 0.0276 e. The second-order valence-corrected chi connectivity index (χ2v) is 6.16. The van der Waals surface area contributed by atoms with Crippen LogP contribution in [-0.2, 0) is 0 Å². The van der Waals surface area contributed by atoms with E-state index in [-0.39, 0.29) is 0 Å². The van der Waals surface area contributed by atoms with E-state index in [1.54, 1.807) is 0 Å². The van der Waals surface area contributed by atoms with Crippen LogP contribution in [0.5, 0.6) is 0 Å². The molecule has 1 heterocycles. The van der Waals surface area contributed by atoms with Gasteiger partial charge in [-0.25, -0.2) is 0 Å². The predicted octanol–water partition coefficient (Wildman–Crippen LogP) is 2.76. The third-order valence-corrected chi connectivity index (χ3v) is 5.61. The molecule has 0 spiro atoms. The molecule has 0 aromatic heterocycles. The first-order chi connectivity index (χ1) is 4.84. The Balaban J connectivity index is 2.18. The van der Waals surface area contributed by atoms with Crippen LogP contribution >= 0.6 is 46.8 Å². The molecule has 1 fully saturated rings. The third-order valence-electron chi connectivity index (χ3n) is 1.53. The fourth-order valence-corrected chi connectivity index (χ4v) is 5.15. The van der Waals surface area contributed by atoms with Gasteiger partial charge in [-0.2, -0.15) is 25.3 Å². The van der Waals surface area contributed by atoms with Crippen molar-refractivity contribution in [1.82, 2.24) is 0 Å². The van der Waals surface area contributed by atoms with Gasteiger partial charge in [0.25, 0.3) is 0 Å². The van der Waals surface area contributed by atoms with Crippen LogP contribution in [0.2, 0.25) is 0 Å². The van der Waals surface area contributed by atoms with Crippen molar-refractivity contribution in [3.8, 4) is 0 Å². The molecule has 0 aromatic rings. The highest BCUT2D eigenvalue weighted by Gasteiger charge is 2.22. The lowest BCUT2D eigenvalue weighted by Crippen LogP contribution is -2.15. The molecule has 1 aliphatic rings. The van der Waals surface area contributed by atoms with Crippen molar-refractivity contribution < 1.29 is 0 Å². The number of hydrogen-bond acceptors (Lipinski definition) is 4. The Morgan fingerprint density at radius 2 is 2.40 bits per heavy atom. The van der Waals surface area contributed by atoms with E-state index < -0.39 is 0 Å². The van der Waals surface area contributed by atoms with Gasteiger partial charge in [0.2, 0.25) is 0 Å². The van der Waals surface area contributed by atoms with E-state index in [9.17, 15) is 0 Å². The fraction of sp³-hybridized carbons (Fsp3) is 1.00. The van der Waals surface area contributed by atoms with Crippen molar-refractivity contribution in [3.63, 3.8) is 0 Å². The van der Waals surface area contributed by atoms with Gasteiger partial charge in [-0.05, 0) is 18.6 Å². The summed E-state index contributed by atoms with van der Waals surface area (Å²) < 4.78 is 0. The van der Waals surface area contributed by atoms with Gasteiger partial charge >= 0.3 is 0 Å². The Kier molecular flexibility index (Phi) is 4.86. The molecule has 4 heteroatoms. The number of thiol groups is 2. The summed E-state index contributed by atoms with van der Waals surface area (Å²) >= 11 is 8.71. The quantitative estimate of drug-likeness (QED) is 0.545. The van der Waals surface area contributed by atoms with Crippen molar-refractivity contribution in [1.29, 1.82) is 0 Å². The fourth-order valence-electron chi connectivity index (χ4n) is 0.923. The topological polar surface area (TPSA) is 0 Å². The molecule has 0 saturated carbocycles. The largest absolute Gasteiger partial charge is 0.179 e. The first-order valence-corrected chi connectivity index (χ1v) is 6.95. The Labute approximate surface area is 81.5 Å². The first kappa shape index (κ1) is 9.49. The van der Waals surface area contributed by atoms with Crippen LogP contribution in [0.3, 0.4) is 0 Å². The second-order valence-electron chi connectivity index (χ2n) is 2.32. The summed E-state index contributed by atoms with van der Waals surface area (Å²) in [7, 11) is 3.98. The lowest BCUT2D eigenvalue weighted by molar-refractivity contribution is 0.761. The minimum Gasteiger partial charge on any atom is -0.179 e. The van der Waals surface area contributed by atoms with Crippen LogP contribution in [-0.4, -0.2) is 22.0 Å². The molecule has 0 N–H and O–H groups in total. The third kappa shape index (κ3) is 2.80. The van der Waals surface area contributed by atoms with Crippen LogP contribution in [0.4, 0.5) is 0 Å². The molecule has 1 rings (SSSR count). The molecule has 2 atom stereocenters. The van der Waals surface area contributed by atoms with E-state index in [2.05, 4.69) is 25.3 Å². The lowest BCUT2D eigenvalue weighted by atomic mass is 10.2. The van der Waals surface area contributed by atoms with Gasteiger partial charge in [0, 0.05) is 16.3 Å². The summed E-state index contributed by atoms with van der Waals surface area (Å²) in [5, 5.41) is 1.35. The molecule has 10 heavy (non-hydrogen) atoms. The standard InChI is InChI=1S/C6H12S4/c7-3-1-5(8)6-2-4-9-10-6/h5-8H,1-4H2. The van der Waals surface area contributed by atoms with E-state index in [0.717, 1.165) is 17.4 Å². The zero-order valence-electron chi connectivity index (χ0n) is 5.69. The molecule has 2 unspecified atom stereocenters. The van der Waals surface area contributed by atoms with E-state index in [1.807, 2.05) is 21.6 Å². The second kappa shape index (κ2) is 5.12. The molecular formula is C6H12S4. The van der Waals surface area contributed by atoms with Gasteiger partial charge in [-0.15, -0.1) is 0 Å². The Bertz CT molecular complexity index is 89.7. The van der Waals surface area contributed by atoms with Crippen LogP contribution in [0.15, 0.2) is 0 Å². The molecule has 60 valence electrons. The molecular weight excluding hydrogens is 200 g/mol. The van der Waals surface area contributed by atoms with Gasteiger partial charge in [0.1, 0.15) is 0 Å². The maximum Gasteiger partial charge on any atom is 0.0276 e. The maximum atomic E-state index is 4.52. The normalized spacial score (nSPS) is 28.8. The van der Waals surface area contributed by atoms with E-state index in [1.165, 1.54) is 12.2 Å². The first-order valence-electron chi connectivity index (χ1n) is 3.42. The average molecular weight is 212 g/mol. The Morgan fingerprint density at radius 1 is 1.60 bits per heavy atom. The number of rotatable bonds is 3. The van der Waals surface area contributed by atoms with Gasteiger partial charge in [0.15, 0.2) is 0 Å². The van der Waals surface area contributed by atoms with Crippen molar-refractivity contribution in [3.05, 3.63) is 0 Å². The average Bonchev–Trinajstić information content (AvgIpc) is 2.38. The summed E-state index contributed by atoms with van der Waals surface area (Å²) in [5.41, 5.74) is 0. The number of hydrogen-bond donors (Lipinski definition) is 2. The molecule has 0 nitrogen and oxygen atoms in total. The summed E-state index contributed by atoms with van der Waals surface area (Å²) in [5.74, 6) is 2.27. The van der Waals surface area contributed by atoms with Crippen LogP contribution in [0.1, 0.15) is 12.8 Å². The van der Waals surface area contributed by atoms with Gasteiger partial charge in [-0.3, -0.25) is 0 Å². The summed E-state index contributed by atoms with van der Waals surface area (Å²) in [6.07, 6.45) is 2.47. The minimum atomic E-state index is 0.567. The highest BCUT2D eigenvalue weighted by Crippen LogP contribution is 2.41. The van der Waals surface area contributed by atoms with Crippen LogP contribution in [0, 0.1) is 0 Å². The molecule has 0 amide bonds. The minimum absolute atomic E-state index is 0.567. The van der Waals surface area contributed by atoms with Crippen molar-refractivity contribution in [2.45, 2.75) is 23.3 Å². The molecule has 0 aromatic carbocycles. The zero-order chi connectivity index (χ0) is 7.40. The van der Waals surface area contributed by atoms with Crippen molar-refractivity contribution in [2.75, 3.05) is 11.5 Å². The molecule has 0 aliphatic carbocycles. The SMILES string of the molecule is SCCC(S)C1CCSS1. The monoisotopic (exact) mass is 212 g/mol. The van der Waals surface area contributed by atoms with Gasteiger partial charge in [0.05, 0.1) is 0 Å². The maximum absolute atomic E-state index is 4.52. The van der Waals surface area contributed by atoms with E-state index in [4.69, 9.17) is 0 Å². The molecule has 0 bridgehead atoms. The van der Waals surface area contributed by atoms with Crippen molar-refractivity contribution in [2.24, 2.45) is 0 Å². The van der Waals surface area contributed by atoms with Gasteiger partial charge < -0.3 is 0 Å². The Hall–Kier alpha value is 1.40. The highest BCUT2D eigenvalue weighted by molar-refractivity contribution is 8.77. The van der Waals surface area contributed by atoms with Gasteiger partial charge in [-0.1, -0.05) is 21.6 Å². The van der Waals surface area contributed by atoms with Crippen molar-refractivity contribution >= 4 is 46.8 Å². The Morgan fingerprint density at radius 3 is 2.90 bits per heavy atom. The lowest BCUT2D eigenvalue weighted by Gasteiger charge is -2.14. The molecule has 1 aliphatic heterocycles. The molecule has 1 saturated heterocycles. The highest BCUT2D eigenvalue weighted by atomic mass is 33.1. The zero-order valence-corrected chi connectivity index (χ0v) is 9.12. The molecule has 0 radical (unpaired) electrons. The summed E-state index contributed by atoms with van der Waals surface area (Å²) in [6, 6.07) is 0. The van der Waals surface area contributed by atoms with E-state index in [0.29, 0.717) is 5.25 Å². The summed E-state index contributed by atoms with van der Waals surface area (Å²) in [4.78, 5) is 0. The van der Waals surface area contributed by atoms with Crippen LogP contribution in [0.25, 0.3) is 0 Å². The van der Waals surface area contributed by atoms with E-state index >= 15 is 0 Å². The predicted molar refractivity (Wildman–Crippen MR) is 59.7 cm³/mol.